The van der Waals surface area contributed by atoms with Crippen molar-refractivity contribution in [2.75, 3.05) is 75.9 Å². The van der Waals surface area contributed by atoms with Gasteiger partial charge in [-0.1, -0.05) is 0 Å². The van der Waals surface area contributed by atoms with Gasteiger partial charge in [-0.05, 0) is 32.3 Å². The molecular formula is C21H32N6O4S. The Bertz CT molecular complexity index is 870. The predicted octanol–water partition coefficient (Wildman–Crippen LogP) is 2.10. The van der Waals surface area contributed by atoms with E-state index >= 15 is 0 Å². The fourth-order valence-electron chi connectivity index (χ4n) is 3.55. The number of piperazine rings is 1. The number of aliphatic hydroxyl groups excluding tert-OH is 1. The van der Waals surface area contributed by atoms with Crippen LogP contribution in [-0.2, 0) is 12.3 Å². The second kappa shape index (κ2) is 12.0. The molecule has 1 aliphatic rings. The first-order valence-corrected chi connectivity index (χ1v) is 11.9. The number of rotatable bonds is 12. The lowest BCUT2D eigenvalue weighted by molar-refractivity contribution is -0.384. The number of aliphatic hydroxyl groups is 1. The number of hydrogen-bond donors (Lipinski definition) is 2. The Hall–Kier alpha value is -2.34. The lowest BCUT2D eigenvalue weighted by atomic mass is 10.3. The van der Waals surface area contributed by atoms with Crippen LogP contribution in [0.3, 0.4) is 0 Å². The van der Waals surface area contributed by atoms with Crippen LogP contribution >= 0.6 is 11.8 Å². The molecule has 2 aromatic heterocycles. The molecule has 0 aliphatic carbocycles. The highest BCUT2D eigenvalue weighted by Crippen LogP contribution is 2.26. The summed E-state index contributed by atoms with van der Waals surface area (Å²) in [7, 11) is 4.00. The van der Waals surface area contributed by atoms with E-state index in [1.165, 1.54) is 6.07 Å². The lowest BCUT2D eigenvalue weighted by Crippen LogP contribution is -2.47. The predicted molar refractivity (Wildman–Crippen MR) is 127 cm³/mol. The molecule has 1 saturated heterocycles. The molecule has 2 N–H and O–H groups in total. The molecule has 32 heavy (non-hydrogen) atoms. The Kier molecular flexibility index (Phi) is 9.15. The van der Waals surface area contributed by atoms with Gasteiger partial charge < -0.3 is 24.6 Å². The van der Waals surface area contributed by atoms with E-state index in [1.54, 1.807) is 17.8 Å². The quantitative estimate of drug-likeness (QED) is 0.275. The summed E-state index contributed by atoms with van der Waals surface area (Å²) in [6.45, 7) is 5.38. The smallest absolute Gasteiger partial charge is 0.311 e. The zero-order valence-corrected chi connectivity index (χ0v) is 19.5. The molecule has 0 spiro atoms. The van der Waals surface area contributed by atoms with Crippen molar-refractivity contribution in [2.24, 2.45) is 0 Å². The second-order valence-electron chi connectivity index (χ2n) is 7.93. The van der Waals surface area contributed by atoms with Crippen molar-refractivity contribution in [3.63, 3.8) is 0 Å². The number of furan rings is 1. The SMILES string of the molecule is CN(C)Cc1ccc(CSCCNc2nc(N3CCN(CCO)CC3)ccc2[N+](=O)[O-])o1. The van der Waals surface area contributed by atoms with E-state index in [2.05, 4.69) is 25.0 Å². The highest BCUT2D eigenvalue weighted by molar-refractivity contribution is 7.98. The maximum atomic E-state index is 11.4. The Balaban J connectivity index is 1.50. The van der Waals surface area contributed by atoms with Gasteiger partial charge in [0.15, 0.2) is 0 Å². The van der Waals surface area contributed by atoms with Crippen LogP contribution in [0.15, 0.2) is 28.7 Å². The molecule has 0 saturated carbocycles. The molecule has 11 heteroatoms. The maximum Gasteiger partial charge on any atom is 0.311 e. The number of nitro groups is 1. The number of hydrogen-bond acceptors (Lipinski definition) is 10. The van der Waals surface area contributed by atoms with Crippen molar-refractivity contribution in [1.29, 1.82) is 0 Å². The van der Waals surface area contributed by atoms with Gasteiger partial charge in [-0.25, -0.2) is 4.98 Å². The highest BCUT2D eigenvalue weighted by atomic mass is 32.2. The summed E-state index contributed by atoms with van der Waals surface area (Å²) in [5.41, 5.74) is -0.0166. The number of nitrogens with zero attached hydrogens (tertiary/aromatic N) is 5. The van der Waals surface area contributed by atoms with E-state index in [-0.39, 0.29) is 12.3 Å². The van der Waals surface area contributed by atoms with Gasteiger partial charge in [0.2, 0.25) is 5.82 Å². The van der Waals surface area contributed by atoms with Gasteiger partial charge in [-0.15, -0.1) is 0 Å². The summed E-state index contributed by atoms with van der Waals surface area (Å²) in [6.07, 6.45) is 0. The van der Waals surface area contributed by atoms with Crippen LogP contribution in [0.25, 0.3) is 0 Å². The number of aromatic nitrogens is 1. The fraction of sp³-hybridized carbons (Fsp3) is 0.571. The van der Waals surface area contributed by atoms with E-state index in [4.69, 9.17) is 9.52 Å². The Labute approximate surface area is 192 Å². The lowest BCUT2D eigenvalue weighted by Gasteiger charge is -2.35. The topological polar surface area (TPSA) is 111 Å². The second-order valence-corrected chi connectivity index (χ2v) is 9.04. The highest BCUT2D eigenvalue weighted by Gasteiger charge is 2.21. The van der Waals surface area contributed by atoms with E-state index in [0.717, 1.165) is 61.6 Å². The van der Waals surface area contributed by atoms with Crippen LogP contribution in [0.1, 0.15) is 11.5 Å². The Morgan fingerprint density at radius 3 is 2.66 bits per heavy atom. The number of nitrogens with one attached hydrogen (secondary N) is 1. The van der Waals surface area contributed by atoms with Crippen LogP contribution < -0.4 is 10.2 Å². The van der Waals surface area contributed by atoms with E-state index in [0.29, 0.717) is 18.9 Å². The van der Waals surface area contributed by atoms with E-state index < -0.39 is 4.92 Å². The average Bonchev–Trinajstić information content (AvgIpc) is 3.20. The molecule has 0 unspecified atom stereocenters. The molecule has 0 atom stereocenters. The zero-order chi connectivity index (χ0) is 22.9. The summed E-state index contributed by atoms with van der Waals surface area (Å²) < 4.78 is 5.81. The normalized spacial score (nSPS) is 14.8. The molecule has 3 rings (SSSR count). The van der Waals surface area contributed by atoms with Gasteiger partial charge in [-0.2, -0.15) is 11.8 Å². The standard InChI is InChI=1S/C21H32N6O4S/c1-24(2)15-17-3-4-18(31-17)16-32-14-7-22-21-19(27(29)30)5-6-20(23-21)26-10-8-25(9-11-26)12-13-28/h3-6,28H,7-16H2,1-2H3,(H,22,23). The number of anilines is 2. The average molecular weight is 465 g/mol. The maximum absolute atomic E-state index is 11.4. The largest absolute Gasteiger partial charge is 0.464 e. The summed E-state index contributed by atoms with van der Waals surface area (Å²) in [6, 6.07) is 7.22. The molecule has 176 valence electrons. The number of β-amino-alcohol motifs (C(OH)–C–C–N with tert-alkyl or cyclic N) is 1. The van der Waals surface area contributed by atoms with Crippen molar-refractivity contribution in [3.8, 4) is 0 Å². The summed E-state index contributed by atoms with van der Waals surface area (Å²) in [5, 5.41) is 23.7. The van der Waals surface area contributed by atoms with Gasteiger partial charge in [0.25, 0.3) is 0 Å². The summed E-state index contributed by atoms with van der Waals surface area (Å²) in [5.74, 6) is 4.43. The molecule has 0 aromatic carbocycles. The van der Waals surface area contributed by atoms with Crippen LogP contribution in [0.4, 0.5) is 17.3 Å². The first kappa shape index (κ1) is 24.3. The minimum atomic E-state index is -0.402. The van der Waals surface area contributed by atoms with Crippen molar-refractivity contribution >= 4 is 29.1 Å². The van der Waals surface area contributed by atoms with Crippen molar-refractivity contribution < 1.29 is 14.4 Å². The first-order chi connectivity index (χ1) is 15.5. The van der Waals surface area contributed by atoms with Crippen LogP contribution in [0.2, 0.25) is 0 Å². The van der Waals surface area contributed by atoms with Gasteiger partial charge >= 0.3 is 5.69 Å². The van der Waals surface area contributed by atoms with Crippen LogP contribution in [0, 0.1) is 10.1 Å². The third-order valence-electron chi connectivity index (χ3n) is 5.14. The molecule has 0 radical (unpaired) electrons. The number of pyridine rings is 1. The summed E-state index contributed by atoms with van der Waals surface area (Å²) >= 11 is 1.71. The Morgan fingerprint density at radius 1 is 1.22 bits per heavy atom. The van der Waals surface area contributed by atoms with Gasteiger partial charge in [-0.3, -0.25) is 15.0 Å². The van der Waals surface area contributed by atoms with Crippen molar-refractivity contribution in [2.45, 2.75) is 12.3 Å². The molecular weight excluding hydrogens is 432 g/mol. The van der Waals surface area contributed by atoms with Gasteiger partial charge in [0, 0.05) is 51.1 Å². The van der Waals surface area contributed by atoms with Crippen molar-refractivity contribution in [1.82, 2.24) is 14.8 Å². The van der Waals surface area contributed by atoms with Crippen LogP contribution in [-0.4, -0.2) is 90.5 Å². The zero-order valence-electron chi connectivity index (χ0n) is 18.7. The van der Waals surface area contributed by atoms with Gasteiger partial charge in [0.1, 0.15) is 17.3 Å². The van der Waals surface area contributed by atoms with Crippen LogP contribution in [0.5, 0.6) is 0 Å². The van der Waals surface area contributed by atoms with Crippen molar-refractivity contribution in [3.05, 3.63) is 45.9 Å². The molecule has 1 aliphatic heterocycles. The first-order valence-electron chi connectivity index (χ1n) is 10.7. The fourth-order valence-corrected chi connectivity index (χ4v) is 4.30. The molecule has 1 fully saturated rings. The summed E-state index contributed by atoms with van der Waals surface area (Å²) in [4.78, 5) is 22.0. The van der Waals surface area contributed by atoms with E-state index in [9.17, 15) is 10.1 Å². The van der Waals surface area contributed by atoms with Gasteiger partial charge in [0.05, 0.1) is 23.8 Å². The molecule has 0 bridgehead atoms. The molecule has 10 nitrogen and oxygen atoms in total. The molecule has 0 amide bonds. The molecule has 2 aromatic rings. The molecule has 3 heterocycles. The number of thioether (sulfide) groups is 1. The van der Waals surface area contributed by atoms with E-state index in [1.807, 2.05) is 26.2 Å². The monoisotopic (exact) mass is 464 g/mol. The third-order valence-corrected chi connectivity index (χ3v) is 6.12. The third kappa shape index (κ3) is 7.09. The minimum Gasteiger partial charge on any atom is -0.464 e. The Morgan fingerprint density at radius 2 is 1.97 bits per heavy atom. The minimum absolute atomic E-state index is 0.0166.